The van der Waals surface area contributed by atoms with Crippen LogP contribution >= 0.6 is 0 Å². The molecular formula is C10H13FN2O2. The molecule has 1 aliphatic rings. The zero-order valence-corrected chi connectivity index (χ0v) is 8.20. The summed E-state index contributed by atoms with van der Waals surface area (Å²) in [6.45, 7) is 1.09. The van der Waals surface area contributed by atoms with Gasteiger partial charge in [0.25, 0.3) is 0 Å². The van der Waals surface area contributed by atoms with Gasteiger partial charge in [0, 0.05) is 18.8 Å². The molecule has 0 amide bonds. The lowest BCUT2D eigenvalue weighted by atomic mass is 10.1. The van der Waals surface area contributed by atoms with E-state index in [0.29, 0.717) is 18.7 Å². The number of halogens is 1. The Balaban J connectivity index is 2.01. The Morgan fingerprint density at radius 3 is 3.00 bits per heavy atom. The summed E-state index contributed by atoms with van der Waals surface area (Å²) in [4.78, 5) is 13.3. The molecule has 0 aromatic carbocycles. The van der Waals surface area contributed by atoms with Crippen LogP contribution in [-0.4, -0.2) is 30.3 Å². The molecule has 0 saturated carbocycles. The molecule has 0 aliphatic carbocycles. The monoisotopic (exact) mass is 212 g/mol. The number of piperidine rings is 1. The molecule has 0 bridgehead atoms. The van der Waals surface area contributed by atoms with Crippen LogP contribution in [0.2, 0.25) is 0 Å². The van der Waals surface area contributed by atoms with E-state index in [2.05, 4.69) is 10.3 Å². The maximum atomic E-state index is 13.4. The van der Waals surface area contributed by atoms with Gasteiger partial charge in [0.15, 0.2) is 0 Å². The quantitative estimate of drug-likeness (QED) is 0.748. The molecule has 0 unspecified atom stereocenters. The second-order valence-corrected chi connectivity index (χ2v) is 3.55. The molecule has 2 heterocycles. The number of rotatable bonds is 2. The maximum Gasteiger partial charge on any atom is 0.248 e. The number of ether oxygens (including phenoxy) is 1. The van der Waals surface area contributed by atoms with Gasteiger partial charge in [-0.05, 0) is 19.0 Å². The summed E-state index contributed by atoms with van der Waals surface area (Å²) < 4.78 is 18.8. The summed E-state index contributed by atoms with van der Waals surface area (Å²) in [6.07, 6.45) is 0.681. The molecular weight excluding hydrogens is 199 g/mol. The second kappa shape index (κ2) is 4.44. The van der Waals surface area contributed by atoms with Crippen molar-refractivity contribution in [1.29, 1.82) is 0 Å². The first-order chi connectivity index (χ1) is 7.25. The highest BCUT2D eigenvalue weighted by Gasteiger charge is 2.26. The number of hydrogen-bond donors (Lipinski definition) is 2. The Morgan fingerprint density at radius 1 is 1.47 bits per heavy atom. The number of aromatic nitrogens is 1. The highest BCUT2D eigenvalue weighted by molar-refractivity contribution is 5.16. The molecule has 2 atom stereocenters. The summed E-state index contributed by atoms with van der Waals surface area (Å²) in [7, 11) is 0. The lowest BCUT2D eigenvalue weighted by Crippen LogP contribution is -2.44. The lowest BCUT2D eigenvalue weighted by molar-refractivity contribution is 0.0728. The number of pyridine rings is 1. The van der Waals surface area contributed by atoms with Crippen LogP contribution in [0.4, 0.5) is 4.39 Å². The Hall–Kier alpha value is -1.36. The first kappa shape index (κ1) is 10.2. The summed E-state index contributed by atoms with van der Waals surface area (Å²) in [5.41, 5.74) is -0.190. The van der Waals surface area contributed by atoms with Crippen LogP contribution in [0.1, 0.15) is 6.42 Å². The molecule has 2 N–H and O–H groups in total. The summed E-state index contributed by atoms with van der Waals surface area (Å²) in [5, 5.41) is 2.95. The van der Waals surface area contributed by atoms with Crippen LogP contribution in [0.25, 0.3) is 0 Å². The third kappa shape index (κ3) is 2.56. The van der Waals surface area contributed by atoms with Crippen molar-refractivity contribution in [3.05, 3.63) is 28.7 Å². The largest absolute Gasteiger partial charge is 0.486 e. The zero-order chi connectivity index (χ0) is 10.7. The molecule has 0 spiro atoms. The van der Waals surface area contributed by atoms with Gasteiger partial charge in [-0.25, -0.2) is 4.39 Å². The minimum absolute atomic E-state index is 0.190. The summed E-state index contributed by atoms with van der Waals surface area (Å²) >= 11 is 0. The van der Waals surface area contributed by atoms with Crippen molar-refractivity contribution in [2.45, 2.75) is 18.7 Å². The van der Waals surface area contributed by atoms with Gasteiger partial charge in [0.05, 0.1) is 0 Å². The Bertz CT molecular complexity index is 359. The molecule has 15 heavy (non-hydrogen) atoms. The number of alkyl halides is 1. The molecule has 1 aromatic heterocycles. The number of aromatic amines is 1. The van der Waals surface area contributed by atoms with E-state index in [1.165, 1.54) is 12.3 Å². The van der Waals surface area contributed by atoms with Crippen molar-refractivity contribution in [3.63, 3.8) is 0 Å². The van der Waals surface area contributed by atoms with Crippen LogP contribution in [0, 0.1) is 0 Å². The Labute approximate surface area is 86.5 Å². The summed E-state index contributed by atoms with van der Waals surface area (Å²) in [5.74, 6) is 0.504. The van der Waals surface area contributed by atoms with Crippen molar-refractivity contribution in [2.75, 3.05) is 13.1 Å². The predicted octanol–water partition coefficient (Wildman–Crippen LogP) is 0.454. The van der Waals surface area contributed by atoms with Crippen molar-refractivity contribution in [3.8, 4) is 5.75 Å². The lowest BCUT2D eigenvalue weighted by Gasteiger charge is -2.27. The maximum absolute atomic E-state index is 13.4. The Morgan fingerprint density at radius 2 is 2.33 bits per heavy atom. The van der Waals surface area contributed by atoms with E-state index in [9.17, 15) is 9.18 Å². The van der Waals surface area contributed by atoms with Gasteiger partial charge in [-0.3, -0.25) is 4.79 Å². The highest BCUT2D eigenvalue weighted by atomic mass is 19.1. The molecule has 1 aromatic rings. The van der Waals surface area contributed by atoms with Gasteiger partial charge in [-0.15, -0.1) is 0 Å². The van der Waals surface area contributed by atoms with Crippen LogP contribution in [0.3, 0.4) is 0 Å². The third-order valence-corrected chi connectivity index (χ3v) is 2.39. The molecule has 1 fully saturated rings. The summed E-state index contributed by atoms with van der Waals surface area (Å²) in [6, 6.07) is 2.91. The van der Waals surface area contributed by atoms with E-state index in [1.54, 1.807) is 6.07 Å². The van der Waals surface area contributed by atoms with E-state index in [-0.39, 0.29) is 5.56 Å². The van der Waals surface area contributed by atoms with Crippen molar-refractivity contribution in [1.82, 2.24) is 10.3 Å². The molecule has 4 nitrogen and oxygen atoms in total. The topological polar surface area (TPSA) is 54.1 Å². The normalized spacial score (nSPS) is 26.2. The van der Waals surface area contributed by atoms with E-state index in [4.69, 9.17) is 4.74 Å². The van der Waals surface area contributed by atoms with Crippen molar-refractivity contribution < 1.29 is 9.13 Å². The fourth-order valence-electron chi connectivity index (χ4n) is 1.57. The Kier molecular flexibility index (Phi) is 3.01. The SMILES string of the molecule is O=c1ccc(O[C@@H]2CCNC[C@@H]2F)c[nH]1. The van der Waals surface area contributed by atoms with Gasteiger partial charge in [0.1, 0.15) is 18.0 Å². The van der Waals surface area contributed by atoms with Gasteiger partial charge >= 0.3 is 0 Å². The standard InChI is InChI=1S/C10H13FN2O2/c11-8-6-12-4-3-9(8)15-7-1-2-10(14)13-5-7/h1-2,5,8-9,12H,3-4,6H2,(H,13,14)/t8-,9+/m0/s1. The van der Waals surface area contributed by atoms with E-state index < -0.39 is 12.3 Å². The van der Waals surface area contributed by atoms with Crippen molar-refractivity contribution >= 4 is 0 Å². The molecule has 5 heteroatoms. The van der Waals surface area contributed by atoms with E-state index in [1.807, 2.05) is 0 Å². The van der Waals surface area contributed by atoms with Gasteiger partial charge in [-0.1, -0.05) is 0 Å². The minimum Gasteiger partial charge on any atom is -0.486 e. The molecule has 1 saturated heterocycles. The average molecular weight is 212 g/mol. The fourth-order valence-corrected chi connectivity index (χ4v) is 1.57. The van der Waals surface area contributed by atoms with Crippen LogP contribution in [0.15, 0.2) is 23.1 Å². The molecule has 0 radical (unpaired) electrons. The van der Waals surface area contributed by atoms with Gasteiger partial charge in [0.2, 0.25) is 5.56 Å². The van der Waals surface area contributed by atoms with Crippen molar-refractivity contribution in [2.24, 2.45) is 0 Å². The zero-order valence-electron chi connectivity index (χ0n) is 8.20. The second-order valence-electron chi connectivity index (χ2n) is 3.55. The first-order valence-corrected chi connectivity index (χ1v) is 4.96. The van der Waals surface area contributed by atoms with Crippen LogP contribution < -0.4 is 15.6 Å². The smallest absolute Gasteiger partial charge is 0.248 e. The molecule has 2 rings (SSSR count). The van der Waals surface area contributed by atoms with E-state index >= 15 is 0 Å². The van der Waals surface area contributed by atoms with Crippen LogP contribution in [-0.2, 0) is 0 Å². The number of H-pyrrole nitrogens is 1. The number of nitrogens with one attached hydrogen (secondary N) is 2. The average Bonchev–Trinajstić information content (AvgIpc) is 2.25. The third-order valence-electron chi connectivity index (χ3n) is 2.39. The van der Waals surface area contributed by atoms with E-state index in [0.717, 1.165) is 6.54 Å². The van der Waals surface area contributed by atoms with Gasteiger partial charge in [-0.2, -0.15) is 0 Å². The molecule has 1 aliphatic heterocycles. The highest BCUT2D eigenvalue weighted by Crippen LogP contribution is 2.16. The number of hydrogen-bond acceptors (Lipinski definition) is 3. The van der Waals surface area contributed by atoms with Crippen LogP contribution in [0.5, 0.6) is 5.75 Å². The first-order valence-electron chi connectivity index (χ1n) is 4.96. The minimum atomic E-state index is -0.995. The predicted molar refractivity (Wildman–Crippen MR) is 53.9 cm³/mol. The van der Waals surface area contributed by atoms with Gasteiger partial charge < -0.3 is 15.0 Å². The fraction of sp³-hybridized carbons (Fsp3) is 0.500. The molecule has 82 valence electrons.